The Hall–Kier alpha value is -1.35. The van der Waals surface area contributed by atoms with E-state index in [-0.39, 0.29) is 12.0 Å². The topological polar surface area (TPSA) is 38.3 Å². The second kappa shape index (κ2) is 7.07. The smallest absolute Gasteiger partial charge is 0.307 e. The average Bonchev–Trinajstić information content (AvgIpc) is 2.35. The quantitative estimate of drug-likeness (QED) is 0.770. The van der Waals surface area contributed by atoms with Crippen molar-refractivity contribution in [1.82, 2.24) is 5.32 Å². The van der Waals surface area contributed by atoms with E-state index in [2.05, 4.69) is 43.4 Å². The number of hydrogen-bond donors (Lipinski definition) is 1. The van der Waals surface area contributed by atoms with Gasteiger partial charge in [-0.2, -0.15) is 0 Å². The molecule has 0 saturated heterocycles. The van der Waals surface area contributed by atoms with Crippen molar-refractivity contribution < 1.29 is 9.53 Å². The molecule has 0 amide bonds. The summed E-state index contributed by atoms with van der Waals surface area (Å²) in [7, 11) is 1.42. The van der Waals surface area contributed by atoms with Crippen LogP contribution in [0.4, 0.5) is 0 Å². The summed E-state index contributed by atoms with van der Waals surface area (Å²) in [6.45, 7) is 5.06. The molecule has 1 rings (SSSR count). The van der Waals surface area contributed by atoms with Gasteiger partial charge in [-0.3, -0.25) is 4.79 Å². The van der Waals surface area contributed by atoms with Gasteiger partial charge in [0.05, 0.1) is 13.5 Å². The van der Waals surface area contributed by atoms with Gasteiger partial charge in [0.25, 0.3) is 0 Å². The Balaban J connectivity index is 2.74. The first-order chi connectivity index (χ1) is 8.17. The molecule has 0 saturated carbocycles. The van der Waals surface area contributed by atoms with Crippen molar-refractivity contribution in [2.75, 3.05) is 13.7 Å². The zero-order chi connectivity index (χ0) is 12.7. The monoisotopic (exact) mass is 235 g/mol. The summed E-state index contributed by atoms with van der Waals surface area (Å²) in [5.74, 6) is -0.181. The minimum Gasteiger partial charge on any atom is -0.469 e. The summed E-state index contributed by atoms with van der Waals surface area (Å²) in [5.41, 5.74) is 2.36. The molecule has 1 N–H and O–H groups in total. The van der Waals surface area contributed by atoms with Crippen LogP contribution in [0.3, 0.4) is 0 Å². The van der Waals surface area contributed by atoms with Crippen LogP contribution >= 0.6 is 0 Å². The molecule has 1 aromatic carbocycles. The number of aryl methyl sites for hydroxylation is 1. The summed E-state index contributed by atoms with van der Waals surface area (Å²) >= 11 is 0. The highest BCUT2D eigenvalue weighted by Crippen LogP contribution is 2.18. The number of rotatable bonds is 6. The molecule has 0 aliphatic rings. The molecule has 1 atom stereocenters. The van der Waals surface area contributed by atoms with Gasteiger partial charge in [0.2, 0.25) is 0 Å². The maximum atomic E-state index is 11.4. The van der Waals surface area contributed by atoms with Gasteiger partial charge in [0.1, 0.15) is 0 Å². The van der Waals surface area contributed by atoms with E-state index in [1.165, 1.54) is 12.7 Å². The summed E-state index contributed by atoms with van der Waals surface area (Å²) in [4.78, 5) is 11.4. The number of carbonyl (C=O) groups is 1. The van der Waals surface area contributed by atoms with Crippen molar-refractivity contribution in [3.8, 4) is 0 Å². The normalized spacial score (nSPS) is 12.2. The molecular weight excluding hydrogens is 214 g/mol. The lowest BCUT2D eigenvalue weighted by Gasteiger charge is -2.18. The standard InChI is InChI=1S/C14H21NO2/c1-4-9-15-13(10-14(16)17-3)12-7-5-11(2)6-8-12/h5-8,13,15H,4,9-10H2,1-3H3. The predicted octanol–water partition coefficient (Wildman–Crippen LogP) is 2.60. The van der Waals surface area contributed by atoms with E-state index in [4.69, 9.17) is 4.74 Å². The summed E-state index contributed by atoms with van der Waals surface area (Å²) in [6, 6.07) is 8.29. The van der Waals surface area contributed by atoms with Crippen molar-refractivity contribution in [3.63, 3.8) is 0 Å². The molecule has 0 aliphatic heterocycles. The first kappa shape index (κ1) is 13.7. The van der Waals surface area contributed by atoms with Crippen LogP contribution in [0.15, 0.2) is 24.3 Å². The minimum atomic E-state index is -0.181. The Morgan fingerprint density at radius 3 is 2.53 bits per heavy atom. The fourth-order valence-corrected chi connectivity index (χ4v) is 1.68. The summed E-state index contributed by atoms with van der Waals surface area (Å²) < 4.78 is 4.73. The van der Waals surface area contributed by atoms with Gasteiger partial charge in [-0.05, 0) is 25.5 Å². The molecule has 0 spiro atoms. The van der Waals surface area contributed by atoms with Crippen molar-refractivity contribution in [1.29, 1.82) is 0 Å². The highest BCUT2D eigenvalue weighted by molar-refractivity contribution is 5.70. The van der Waals surface area contributed by atoms with Gasteiger partial charge < -0.3 is 10.1 Å². The van der Waals surface area contributed by atoms with Crippen LogP contribution in [-0.4, -0.2) is 19.6 Å². The van der Waals surface area contributed by atoms with E-state index in [0.717, 1.165) is 18.5 Å². The number of carbonyl (C=O) groups excluding carboxylic acids is 1. The fourth-order valence-electron chi connectivity index (χ4n) is 1.68. The number of hydrogen-bond acceptors (Lipinski definition) is 3. The van der Waals surface area contributed by atoms with Crippen LogP contribution in [0.1, 0.15) is 36.9 Å². The molecule has 1 aromatic rings. The number of methoxy groups -OCH3 is 1. The molecule has 17 heavy (non-hydrogen) atoms. The molecule has 0 aliphatic carbocycles. The predicted molar refractivity (Wildman–Crippen MR) is 68.8 cm³/mol. The number of nitrogens with one attached hydrogen (secondary N) is 1. The molecule has 3 heteroatoms. The lowest BCUT2D eigenvalue weighted by Crippen LogP contribution is -2.25. The van der Waals surface area contributed by atoms with Crippen LogP contribution in [0.2, 0.25) is 0 Å². The molecule has 3 nitrogen and oxygen atoms in total. The van der Waals surface area contributed by atoms with Crippen molar-refractivity contribution >= 4 is 5.97 Å². The van der Waals surface area contributed by atoms with E-state index >= 15 is 0 Å². The lowest BCUT2D eigenvalue weighted by atomic mass is 10.0. The van der Waals surface area contributed by atoms with E-state index in [1.54, 1.807) is 0 Å². The second-order valence-electron chi connectivity index (χ2n) is 4.20. The van der Waals surface area contributed by atoms with Gasteiger partial charge in [0.15, 0.2) is 0 Å². The second-order valence-corrected chi connectivity index (χ2v) is 4.20. The molecule has 0 aromatic heterocycles. The molecule has 0 radical (unpaired) electrons. The molecule has 1 unspecified atom stereocenters. The average molecular weight is 235 g/mol. The van der Waals surface area contributed by atoms with E-state index in [1.807, 2.05) is 0 Å². The molecule has 0 heterocycles. The van der Waals surface area contributed by atoms with Crippen LogP contribution in [0.25, 0.3) is 0 Å². The van der Waals surface area contributed by atoms with Gasteiger partial charge in [-0.15, -0.1) is 0 Å². The van der Waals surface area contributed by atoms with Crippen molar-refractivity contribution in [3.05, 3.63) is 35.4 Å². The lowest BCUT2D eigenvalue weighted by molar-refractivity contribution is -0.141. The minimum absolute atomic E-state index is 0.0444. The highest BCUT2D eigenvalue weighted by atomic mass is 16.5. The Bertz CT molecular complexity index is 346. The van der Waals surface area contributed by atoms with Crippen molar-refractivity contribution in [2.45, 2.75) is 32.7 Å². The fraction of sp³-hybridized carbons (Fsp3) is 0.500. The third-order valence-corrected chi connectivity index (χ3v) is 2.72. The van der Waals surface area contributed by atoms with E-state index in [9.17, 15) is 4.79 Å². The highest BCUT2D eigenvalue weighted by Gasteiger charge is 2.15. The first-order valence-electron chi connectivity index (χ1n) is 6.04. The van der Waals surface area contributed by atoms with Gasteiger partial charge in [0, 0.05) is 6.04 Å². The third-order valence-electron chi connectivity index (χ3n) is 2.72. The first-order valence-corrected chi connectivity index (χ1v) is 6.04. The van der Waals surface area contributed by atoms with Gasteiger partial charge in [-0.25, -0.2) is 0 Å². The molecular formula is C14H21NO2. The SMILES string of the molecule is CCCNC(CC(=O)OC)c1ccc(C)cc1. The number of esters is 1. The van der Waals surface area contributed by atoms with E-state index < -0.39 is 0 Å². The van der Waals surface area contributed by atoms with Gasteiger partial charge in [-0.1, -0.05) is 36.8 Å². The maximum Gasteiger partial charge on any atom is 0.307 e. The van der Waals surface area contributed by atoms with Crippen LogP contribution in [0, 0.1) is 6.92 Å². The zero-order valence-electron chi connectivity index (χ0n) is 10.8. The zero-order valence-corrected chi connectivity index (χ0v) is 10.8. The molecule has 0 bridgehead atoms. The largest absolute Gasteiger partial charge is 0.469 e. The Labute approximate surface area is 103 Å². The van der Waals surface area contributed by atoms with Crippen LogP contribution in [0.5, 0.6) is 0 Å². The molecule has 0 fully saturated rings. The van der Waals surface area contributed by atoms with Crippen molar-refractivity contribution in [2.24, 2.45) is 0 Å². The van der Waals surface area contributed by atoms with Crippen LogP contribution in [-0.2, 0) is 9.53 Å². The Kier molecular flexibility index (Phi) is 5.70. The summed E-state index contributed by atoms with van der Waals surface area (Å²) in [5, 5.41) is 3.37. The molecule has 94 valence electrons. The third kappa shape index (κ3) is 4.57. The number of ether oxygens (including phenoxy) is 1. The maximum absolute atomic E-state index is 11.4. The number of benzene rings is 1. The van der Waals surface area contributed by atoms with Crippen LogP contribution < -0.4 is 5.32 Å². The Morgan fingerprint density at radius 2 is 2.00 bits per heavy atom. The Morgan fingerprint density at radius 1 is 1.35 bits per heavy atom. The summed E-state index contributed by atoms with van der Waals surface area (Å²) in [6.07, 6.45) is 1.42. The van der Waals surface area contributed by atoms with E-state index in [0.29, 0.717) is 6.42 Å². The van der Waals surface area contributed by atoms with Gasteiger partial charge >= 0.3 is 5.97 Å².